The molecule has 0 atom stereocenters. The van der Waals surface area contributed by atoms with Gasteiger partial charge in [0.15, 0.2) is 11.6 Å². The number of hydrogen-bond donors (Lipinski definition) is 2. The Morgan fingerprint density at radius 1 is 0.800 bits per heavy atom. The molecule has 0 aliphatic carbocycles. The van der Waals surface area contributed by atoms with Crippen molar-refractivity contribution in [3.63, 3.8) is 0 Å². The van der Waals surface area contributed by atoms with Gasteiger partial charge in [-0.2, -0.15) is 16.8 Å². The highest BCUT2D eigenvalue weighted by atomic mass is 32.2. The minimum absolute atomic E-state index is 0.143. The van der Waals surface area contributed by atoms with Gasteiger partial charge in [-0.3, -0.25) is 14.0 Å². The average molecular weight is 646 g/mol. The fourth-order valence-corrected chi connectivity index (χ4v) is 6.38. The zero-order valence-electron chi connectivity index (χ0n) is 24.1. The van der Waals surface area contributed by atoms with Crippen molar-refractivity contribution in [3.05, 3.63) is 120 Å². The molecule has 4 aromatic carbocycles. The number of fused-ring (bicyclic) bond motifs is 2. The molecule has 2 N–H and O–H groups in total. The first-order valence-electron chi connectivity index (χ1n) is 14.0. The lowest BCUT2D eigenvalue weighted by Crippen LogP contribution is -2.39. The Balaban J connectivity index is 1.44. The summed E-state index contributed by atoms with van der Waals surface area (Å²) in [7, 11) is -8.93. The van der Waals surface area contributed by atoms with Crippen molar-refractivity contribution >= 4 is 43.1 Å². The highest BCUT2D eigenvalue weighted by Gasteiger charge is 2.31. The van der Waals surface area contributed by atoms with Crippen LogP contribution >= 0.6 is 0 Å². The first-order valence-corrected chi connectivity index (χ1v) is 17.2. The van der Waals surface area contributed by atoms with Crippen LogP contribution in [0.3, 0.4) is 0 Å². The molecule has 0 fully saturated rings. The molecule has 6 rings (SSSR count). The number of hydrogen-bond acceptors (Lipinski definition) is 7. The van der Waals surface area contributed by atoms with Crippen LogP contribution in [0.1, 0.15) is 19.2 Å². The van der Waals surface area contributed by atoms with Crippen LogP contribution in [0.5, 0.6) is 5.75 Å². The summed E-state index contributed by atoms with van der Waals surface area (Å²) in [5.41, 5.74) is 5.39. The standard InChI is InChI=1S/C33H28N2O8S2/c1-2-23(17-32-34(21-44(36,37)38)28-19-26(13-15-30(28)42-32)24-9-5-3-6-10-24)18-33-35(22-45(39,40)41)29-20-27(14-16-31(29)43-33)25-11-7-4-8-12-25/h3-20H,2,21-22H2,1H3,(H-,36,37,38,39,40,41)/p+1. The van der Waals surface area contributed by atoms with Crippen LogP contribution in [0.4, 0.5) is 5.69 Å². The molecule has 1 aromatic heterocycles. The number of aromatic nitrogens is 1. The Labute approximate surface area is 260 Å². The van der Waals surface area contributed by atoms with E-state index in [0.717, 1.165) is 22.3 Å². The van der Waals surface area contributed by atoms with E-state index in [2.05, 4.69) is 0 Å². The minimum Gasteiger partial charge on any atom is -0.439 e. The van der Waals surface area contributed by atoms with Gasteiger partial charge in [-0.05, 0) is 52.4 Å². The molecule has 0 saturated heterocycles. The molecule has 1 aliphatic rings. The van der Waals surface area contributed by atoms with Gasteiger partial charge in [0, 0.05) is 12.1 Å². The fourth-order valence-electron chi connectivity index (χ4n) is 5.19. The second-order valence-electron chi connectivity index (χ2n) is 10.5. The number of anilines is 1. The largest absolute Gasteiger partial charge is 0.439 e. The number of ether oxygens (including phenoxy) is 1. The van der Waals surface area contributed by atoms with Crippen LogP contribution in [-0.2, 0) is 26.1 Å². The maximum atomic E-state index is 12.1. The second-order valence-corrected chi connectivity index (χ2v) is 13.3. The molecule has 0 unspecified atom stereocenters. The monoisotopic (exact) mass is 645 g/mol. The topological polar surface area (TPSA) is 138 Å². The van der Waals surface area contributed by atoms with E-state index in [1.54, 1.807) is 36.4 Å². The Morgan fingerprint density at radius 3 is 2.02 bits per heavy atom. The summed E-state index contributed by atoms with van der Waals surface area (Å²) >= 11 is 0. The van der Waals surface area contributed by atoms with Gasteiger partial charge in [0.05, 0.1) is 11.8 Å². The molecular formula is C33H29N2O8S2+. The van der Waals surface area contributed by atoms with E-state index in [-0.39, 0.29) is 11.8 Å². The predicted molar refractivity (Wildman–Crippen MR) is 171 cm³/mol. The quantitative estimate of drug-likeness (QED) is 0.140. The third-order valence-electron chi connectivity index (χ3n) is 7.29. The Bertz CT molecular complexity index is 2170. The molecule has 0 spiro atoms. The normalized spacial score (nSPS) is 14.6. The van der Waals surface area contributed by atoms with Crippen LogP contribution in [0, 0.1) is 0 Å². The van der Waals surface area contributed by atoms with Crippen molar-refractivity contribution < 1.29 is 39.7 Å². The van der Waals surface area contributed by atoms with E-state index in [1.807, 2.05) is 79.7 Å². The third kappa shape index (κ3) is 6.84. The summed E-state index contributed by atoms with van der Waals surface area (Å²) in [4.78, 5) is 1.36. The van der Waals surface area contributed by atoms with Crippen LogP contribution < -0.4 is 14.2 Å². The third-order valence-corrected chi connectivity index (χ3v) is 8.45. The van der Waals surface area contributed by atoms with Crippen LogP contribution in [-0.4, -0.2) is 31.8 Å². The van der Waals surface area contributed by atoms with E-state index >= 15 is 0 Å². The molecule has 230 valence electrons. The molecule has 2 heterocycles. The van der Waals surface area contributed by atoms with Crippen LogP contribution in [0.2, 0.25) is 0 Å². The molecular weight excluding hydrogens is 617 g/mol. The van der Waals surface area contributed by atoms with Crippen molar-refractivity contribution in [2.75, 3.05) is 10.8 Å². The second kappa shape index (κ2) is 12.0. The average Bonchev–Trinajstić information content (AvgIpc) is 3.51. The van der Waals surface area contributed by atoms with Crippen LogP contribution in [0.25, 0.3) is 39.4 Å². The highest BCUT2D eigenvalue weighted by Crippen LogP contribution is 2.42. The highest BCUT2D eigenvalue weighted by molar-refractivity contribution is 7.85. The molecule has 0 amide bonds. The van der Waals surface area contributed by atoms with Gasteiger partial charge < -0.3 is 9.15 Å². The predicted octanol–water partition coefficient (Wildman–Crippen LogP) is 6.28. The Morgan fingerprint density at radius 2 is 1.42 bits per heavy atom. The van der Waals surface area contributed by atoms with E-state index in [9.17, 15) is 25.9 Å². The fraction of sp³-hybridized carbons (Fsp3) is 0.121. The molecule has 12 heteroatoms. The number of rotatable bonds is 9. The lowest BCUT2D eigenvalue weighted by atomic mass is 10.0. The summed E-state index contributed by atoms with van der Waals surface area (Å²) in [5, 5.41) is 0. The maximum absolute atomic E-state index is 12.1. The van der Waals surface area contributed by atoms with Crippen LogP contribution in [0.15, 0.2) is 119 Å². The van der Waals surface area contributed by atoms with Crippen molar-refractivity contribution in [3.8, 4) is 28.0 Å². The number of allylic oxidation sites excluding steroid dienone is 2. The van der Waals surface area contributed by atoms with Crippen molar-refractivity contribution in [2.45, 2.75) is 19.2 Å². The molecule has 5 aromatic rings. The summed E-state index contributed by atoms with van der Waals surface area (Å²) in [6, 6.07) is 29.8. The summed E-state index contributed by atoms with van der Waals surface area (Å²) < 4.78 is 81.3. The zero-order chi connectivity index (χ0) is 31.8. The maximum Gasteiger partial charge on any atom is 0.375 e. The van der Waals surface area contributed by atoms with Gasteiger partial charge in [0.2, 0.25) is 11.5 Å². The van der Waals surface area contributed by atoms with Crippen molar-refractivity contribution in [1.29, 1.82) is 0 Å². The molecule has 10 nitrogen and oxygen atoms in total. The summed E-state index contributed by atoms with van der Waals surface area (Å²) in [6.45, 7) is 1.86. The van der Waals surface area contributed by atoms with Gasteiger partial charge in [-0.1, -0.05) is 79.7 Å². The van der Waals surface area contributed by atoms with E-state index in [4.69, 9.17) is 9.15 Å². The van der Waals surface area contributed by atoms with E-state index in [1.165, 1.54) is 9.47 Å². The van der Waals surface area contributed by atoms with Gasteiger partial charge >= 0.3 is 16.0 Å². The van der Waals surface area contributed by atoms with Gasteiger partial charge in [-0.15, -0.1) is 4.57 Å². The first kappa shape index (κ1) is 30.3. The smallest absolute Gasteiger partial charge is 0.375 e. The molecule has 45 heavy (non-hydrogen) atoms. The van der Waals surface area contributed by atoms with E-state index in [0.29, 0.717) is 34.5 Å². The molecule has 1 aliphatic heterocycles. The molecule has 0 radical (unpaired) electrons. The molecule has 0 bridgehead atoms. The number of benzene rings is 4. The van der Waals surface area contributed by atoms with E-state index < -0.39 is 32.0 Å². The Hall–Kier alpha value is -4.75. The zero-order valence-corrected chi connectivity index (χ0v) is 25.7. The Kier molecular flexibility index (Phi) is 8.06. The van der Waals surface area contributed by atoms with Gasteiger partial charge in [-0.25, -0.2) is 0 Å². The first-order chi connectivity index (χ1) is 21.5. The lowest BCUT2D eigenvalue weighted by molar-refractivity contribution is -0.658. The number of oxazole rings is 1. The van der Waals surface area contributed by atoms with Gasteiger partial charge in [0.25, 0.3) is 21.5 Å². The summed E-state index contributed by atoms with van der Waals surface area (Å²) in [6.07, 6.45) is 3.62. The number of nitrogens with zero attached hydrogens (tertiary/aromatic N) is 2. The summed E-state index contributed by atoms with van der Waals surface area (Å²) in [5.74, 6) is -0.818. The van der Waals surface area contributed by atoms with Crippen molar-refractivity contribution in [1.82, 2.24) is 0 Å². The SMILES string of the molecule is CCC(=Cc1oc2ccc(-c3ccccc3)cc2[n+]1CS(=O)(=O)O)C=C1Oc2ccc(-c3ccccc3)cc2N1CS(=O)(=O)O. The minimum atomic E-state index is -4.46. The lowest BCUT2D eigenvalue weighted by Gasteiger charge is -2.17. The molecule has 0 saturated carbocycles. The van der Waals surface area contributed by atoms with Gasteiger partial charge in [0.1, 0.15) is 0 Å². The van der Waals surface area contributed by atoms with Crippen molar-refractivity contribution in [2.24, 2.45) is 0 Å².